The van der Waals surface area contributed by atoms with Crippen molar-refractivity contribution in [2.24, 2.45) is 0 Å². The molecule has 4 nitrogen and oxygen atoms in total. The van der Waals surface area contributed by atoms with Crippen molar-refractivity contribution in [1.29, 1.82) is 0 Å². The van der Waals surface area contributed by atoms with Gasteiger partial charge in [-0.1, -0.05) is 0 Å². The summed E-state index contributed by atoms with van der Waals surface area (Å²) in [4.78, 5) is 17.3. The van der Waals surface area contributed by atoms with Gasteiger partial charge in [-0.3, -0.25) is 9.69 Å². The Kier molecular flexibility index (Phi) is 3.02. The maximum Gasteiger partial charge on any atom is 0.228 e. The number of aromatic nitrogens is 1. The van der Waals surface area contributed by atoms with Crippen LogP contribution in [0.15, 0.2) is 22.8 Å². The molecule has 1 amide bonds. The van der Waals surface area contributed by atoms with Crippen molar-refractivity contribution in [3.05, 3.63) is 22.8 Å². The number of halogens is 1. The fourth-order valence-corrected chi connectivity index (χ4v) is 1.98. The minimum atomic E-state index is -0.119. The Hall–Kier alpha value is -0.940. The maximum atomic E-state index is 11.6. The Balaban J connectivity index is 2.28. The smallest absolute Gasteiger partial charge is 0.228 e. The van der Waals surface area contributed by atoms with Crippen LogP contribution in [0.4, 0.5) is 5.82 Å². The number of anilines is 1. The molecule has 1 saturated heterocycles. The number of aliphatic hydroxyl groups is 1. The van der Waals surface area contributed by atoms with Crippen molar-refractivity contribution in [1.82, 2.24) is 4.98 Å². The maximum absolute atomic E-state index is 11.6. The van der Waals surface area contributed by atoms with Crippen LogP contribution in [0.1, 0.15) is 12.8 Å². The zero-order valence-electron chi connectivity index (χ0n) is 8.06. The molecule has 1 aliphatic heterocycles. The van der Waals surface area contributed by atoms with Crippen LogP contribution in [0.2, 0.25) is 0 Å². The van der Waals surface area contributed by atoms with Crippen molar-refractivity contribution in [2.45, 2.75) is 18.9 Å². The van der Waals surface area contributed by atoms with Crippen LogP contribution in [0.3, 0.4) is 0 Å². The molecule has 2 rings (SSSR count). The van der Waals surface area contributed by atoms with Crippen LogP contribution >= 0.6 is 15.9 Å². The molecule has 2 heterocycles. The number of amides is 1. The summed E-state index contributed by atoms with van der Waals surface area (Å²) < 4.78 is 0.874. The molecular formula is C10H11BrN2O2. The van der Waals surface area contributed by atoms with E-state index in [9.17, 15) is 4.79 Å². The molecule has 0 saturated carbocycles. The van der Waals surface area contributed by atoms with Crippen LogP contribution in [0, 0.1) is 0 Å². The molecule has 1 atom stereocenters. The quantitative estimate of drug-likeness (QED) is 0.882. The Morgan fingerprint density at radius 2 is 2.40 bits per heavy atom. The lowest BCUT2D eigenvalue weighted by Gasteiger charge is -2.21. The van der Waals surface area contributed by atoms with E-state index in [1.54, 1.807) is 17.2 Å². The van der Waals surface area contributed by atoms with Gasteiger partial charge in [0.15, 0.2) is 0 Å². The molecular weight excluding hydrogens is 260 g/mol. The first-order valence-corrected chi connectivity index (χ1v) is 5.56. The number of nitrogens with zero attached hydrogens (tertiary/aromatic N) is 2. The zero-order valence-corrected chi connectivity index (χ0v) is 9.64. The van der Waals surface area contributed by atoms with E-state index in [1.165, 1.54) is 0 Å². The van der Waals surface area contributed by atoms with Gasteiger partial charge in [-0.05, 0) is 34.5 Å². The second-order valence-electron chi connectivity index (χ2n) is 3.47. The fourth-order valence-electron chi connectivity index (χ4n) is 1.74. The number of hydrogen-bond donors (Lipinski definition) is 1. The van der Waals surface area contributed by atoms with E-state index in [-0.39, 0.29) is 18.6 Å². The van der Waals surface area contributed by atoms with E-state index in [2.05, 4.69) is 20.9 Å². The molecule has 80 valence electrons. The molecule has 0 radical (unpaired) electrons. The number of rotatable bonds is 2. The molecule has 15 heavy (non-hydrogen) atoms. The van der Waals surface area contributed by atoms with Crippen LogP contribution in [0.5, 0.6) is 0 Å². The van der Waals surface area contributed by atoms with E-state index in [0.29, 0.717) is 18.7 Å². The Bertz CT molecular complexity index is 366. The molecule has 5 heteroatoms. The van der Waals surface area contributed by atoms with Gasteiger partial charge >= 0.3 is 0 Å². The molecule has 1 N–H and O–H groups in total. The predicted molar refractivity (Wildman–Crippen MR) is 59.5 cm³/mol. The number of carbonyl (C=O) groups excluding carboxylic acids is 1. The fraction of sp³-hybridized carbons (Fsp3) is 0.400. The highest BCUT2D eigenvalue weighted by atomic mass is 79.9. The van der Waals surface area contributed by atoms with Gasteiger partial charge in [-0.2, -0.15) is 0 Å². The predicted octanol–water partition coefficient (Wildman–Crippen LogP) is 1.33. The second-order valence-corrected chi connectivity index (χ2v) is 4.39. The average Bonchev–Trinajstić information content (AvgIpc) is 2.61. The lowest BCUT2D eigenvalue weighted by Crippen LogP contribution is -2.35. The third-order valence-electron chi connectivity index (χ3n) is 2.49. The van der Waals surface area contributed by atoms with Gasteiger partial charge in [0.25, 0.3) is 0 Å². The molecule has 1 fully saturated rings. The van der Waals surface area contributed by atoms with E-state index >= 15 is 0 Å². The summed E-state index contributed by atoms with van der Waals surface area (Å²) >= 11 is 3.29. The summed E-state index contributed by atoms with van der Waals surface area (Å²) in [5.74, 6) is 0.642. The molecule has 1 aromatic heterocycles. The molecule has 0 bridgehead atoms. The standard InChI is InChI=1S/C10H11BrN2O2/c11-7-1-3-9(12-5-7)13-8(6-14)2-4-10(13)15/h1,3,5,8,14H,2,4,6H2. The summed E-state index contributed by atoms with van der Waals surface area (Å²) in [5, 5.41) is 9.14. The van der Waals surface area contributed by atoms with Crippen molar-refractivity contribution in [3.8, 4) is 0 Å². The summed E-state index contributed by atoms with van der Waals surface area (Å²) in [6.45, 7) is -0.0104. The summed E-state index contributed by atoms with van der Waals surface area (Å²) in [7, 11) is 0. The van der Waals surface area contributed by atoms with Gasteiger partial charge < -0.3 is 5.11 Å². The van der Waals surface area contributed by atoms with Crippen LogP contribution < -0.4 is 4.90 Å². The topological polar surface area (TPSA) is 53.4 Å². The van der Waals surface area contributed by atoms with E-state index < -0.39 is 0 Å². The van der Waals surface area contributed by atoms with E-state index in [0.717, 1.165) is 4.47 Å². The lowest BCUT2D eigenvalue weighted by atomic mass is 10.2. The third-order valence-corrected chi connectivity index (χ3v) is 2.96. The van der Waals surface area contributed by atoms with Crippen molar-refractivity contribution in [3.63, 3.8) is 0 Å². The van der Waals surface area contributed by atoms with Crippen molar-refractivity contribution >= 4 is 27.7 Å². The third kappa shape index (κ3) is 2.03. The minimum absolute atomic E-state index is 0.0104. The first-order chi connectivity index (χ1) is 7.22. The average molecular weight is 271 g/mol. The minimum Gasteiger partial charge on any atom is -0.394 e. The van der Waals surface area contributed by atoms with E-state index in [4.69, 9.17) is 5.11 Å². The van der Waals surface area contributed by atoms with Crippen LogP contribution in [-0.4, -0.2) is 28.6 Å². The first kappa shape index (κ1) is 10.6. The first-order valence-electron chi connectivity index (χ1n) is 4.77. The number of pyridine rings is 1. The zero-order chi connectivity index (χ0) is 10.8. The summed E-state index contributed by atoms with van der Waals surface area (Å²) in [6.07, 6.45) is 2.84. The highest BCUT2D eigenvalue weighted by Crippen LogP contribution is 2.25. The SMILES string of the molecule is O=C1CCC(CO)N1c1ccc(Br)cn1. The highest BCUT2D eigenvalue weighted by molar-refractivity contribution is 9.10. The van der Waals surface area contributed by atoms with Gasteiger partial charge in [0, 0.05) is 17.1 Å². The monoisotopic (exact) mass is 270 g/mol. The molecule has 0 aliphatic carbocycles. The van der Waals surface area contributed by atoms with Gasteiger partial charge in [0.1, 0.15) is 5.82 Å². The van der Waals surface area contributed by atoms with Crippen molar-refractivity contribution < 1.29 is 9.90 Å². The Labute approximate surface area is 96.1 Å². The molecule has 0 spiro atoms. The molecule has 1 aliphatic rings. The number of hydrogen-bond acceptors (Lipinski definition) is 3. The van der Waals surface area contributed by atoms with Crippen LogP contribution in [0.25, 0.3) is 0 Å². The highest BCUT2D eigenvalue weighted by Gasteiger charge is 2.32. The van der Waals surface area contributed by atoms with Crippen molar-refractivity contribution in [2.75, 3.05) is 11.5 Å². The Morgan fingerprint density at radius 3 is 3.00 bits per heavy atom. The number of aliphatic hydroxyl groups excluding tert-OH is 1. The molecule has 0 aromatic carbocycles. The number of carbonyl (C=O) groups is 1. The van der Waals surface area contributed by atoms with Gasteiger partial charge in [0.05, 0.1) is 12.6 Å². The molecule has 1 unspecified atom stereocenters. The van der Waals surface area contributed by atoms with Gasteiger partial charge in [-0.25, -0.2) is 4.98 Å². The van der Waals surface area contributed by atoms with Crippen LogP contribution in [-0.2, 0) is 4.79 Å². The molecule has 1 aromatic rings. The second kappa shape index (κ2) is 4.28. The normalized spacial score (nSPS) is 21.1. The Morgan fingerprint density at radius 1 is 1.60 bits per heavy atom. The van der Waals surface area contributed by atoms with Gasteiger partial charge in [-0.15, -0.1) is 0 Å². The van der Waals surface area contributed by atoms with E-state index in [1.807, 2.05) is 6.07 Å². The lowest BCUT2D eigenvalue weighted by molar-refractivity contribution is -0.117. The van der Waals surface area contributed by atoms with Gasteiger partial charge in [0.2, 0.25) is 5.91 Å². The summed E-state index contributed by atoms with van der Waals surface area (Å²) in [5.41, 5.74) is 0. The summed E-state index contributed by atoms with van der Waals surface area (Å²) in [6, 6.07) is 3.49. The largest absolute Gasteiger partial charge is 0.394 e.